The van der Waals surface area contributed by atoms with Crippen LogP contribution in [0.15, 0.2) is 73.1 Å². The number of pyridine rings is 1. The van der Waals surface area contributed by atoms with Gasteiger partial charge in [-0.25, -0.2) is 0 Å². The molecule has 1 aromatic heterocycles. The minimum absolute atomic E-state index is 0.495. The highest BCUT2D eigenvalue weighted by Gasteiger charge is 2.41. The summed E-state index contributed by atoms with van der Waals surface area (Å²) in [6.07, 6.45) is 7.47. The standard InChI is InChI=1S/C27H31N3O/c1-31-26-11-5-3-8-23(26)19-29-27-20-12-15-30(16-13-20)25(27)17-21-7-2-4-10-24(21)22-9-6-14-28-18-22/h2-11,14,18,20,25,27,29H,12-13,15-17,19H2,1H3. The number of ether oxygens (including phenoxy) is 1. The Morgan fingerprint density at radius 3 is 2.52 bits per heavy atom. The van der Waals surface area contributed by atoms with Crippen LogP contribution in [0.3, 0.4) is 0 Å². The molecule has 0 spiro atoms. The molecule has 3 aliphatic rings. The molecule has 0 radical (unpaired) electrons. The summed E-state index contributed by atoms with van der Waals surface area (Å²) in [7, 11) is 1.76. The van der Waals surface area contributed by atoms with Crippen molar-refractivity contribution in [1.82, 2.24) is 15.2 Å². The minimum atomic E-state index is 0.495. The molecule has 1 N–H and O–H groups in total. The van der Waals surface area contributed by atoms with Gasteiger partial charge in [-0.15, -0.1) is 0 Å². The monoisotopic (exact) mass is 413 g/mol. The Morgan fingerprint density at radius 1 is 0.968 bits per heavy atom. The number of benzene rings is 2. The van der Waals surface area contributed by atoms with E-state index in [0.717, 1.165) is 24.6 Å². The molecule has 0 aliphatic carbocycles. The van der Waals surface area contributed by atoms with Crippen LogP contribution in [-0.2, 0) is 13.0 Å². The van der Waals surface area contributed by atoms with E-state index in [1.807, 2.05) is 24.5 Å². The molecule has 4 heterocycles. The van der Waals surface area contributed by atoms with Crippen molar-refractivity contribution < 1.29 is 4.74 Å². The minimum Gasteiger partial charge on any atom is -0.496 e. The van der Waals surface area contributed by atoms with Crippen LogP contribution in [0.5, 0.6) is 5.75 Å². The van der Waals surface area contributed by atoms with E-state index in [9.17, 15) is 0 Å². The maximum absolute atomic E-state index is 5.58. The molecule has 2 bridgehead atoms. The lowest BCUT2D eigenvalue weighted by atomic mass is 9.76. The van der Waals surface area contributed by atoms with Gasteiger partial charge in [-0.05, 0) is 61.5 Å². The van der Waals surface area contributed by atoms with E-state index in [1.54, 1.807) is 7.11 Å². The Labute approximate surface area is 185 Å². The first-order valence-corrected chi connectivity index (χ1v) is 11.4. The van der Waals surface area contributed by atoms with E-state index >= 15 is 0 Å². The molecule has 2 atom stereocenters. The molecule has 6 rings (SSSR count). The summed E-state index contributed by atoms with van der Waals surface area (Å²) < 4.78 is 5.58. The molecule has 4 nitrogen and oxygen atoms in total. The summed E-state index contributed by atoms with van der Waals surface area (Å²) in [5.74, 6) is 1.71. The molecule has 4 heteroatoms. The topological polar surface area (TPSA) is 37.4 Å². The molecular formula is C27H31N3O. The first-order valence-electron chi connectivity index (χ1n) is 11.4. The smallest absolute Gasteiger partial charge is 0.123 e. The molecule has 3 fully saturated rings. The van der Waals surface area contributed by atoms with Gasteiger partial charge in [-0.3, -0.25) is 9.88 Å². The van der Waals surface area contributed by atoms with Gasteiger partial charge < -0.3 is 10.1 Å². The maximum Gasteiger partial charge on any atom is 0.123 e. The number of rotatable bonds is 7. The van der Waals surface area contributed by atoms with Crippen LogP contribution in [0, 0.1) is 5.92 Å². The largest absolute Gasteiger partial charge is 0.496 e. The second-order valence-electron chi connectivity index (χ2n) is 8.76. The summed E-state index contributed by atoms with van der Waals surface area (Å²) in [6.45, 7) is 3.29. The fourth-order valence-corrected chi connectivity index (χ4v) is 5.51. The second kappa shape index (κ2) is 9.21. The lowest BCUT2D eigenvalue weighted by molar-refractivity contribution is 0.0127. The van der Waals surface area contributed by atoms with Crippen LogP contribution in [0.1, 0.15) is 24.0 Å². The van der Waals surface area contributed by atoms with Crippen LogP contribution in [0.25, 0.3) is 11.1 Å². The zero-order valence-electron chi connectivity index (χ0n) is 18.2. The Morgan fingerprint density at radius 2 is 1.74 bits per heavy atom. The fraction of sp³-hybridized carbons (Fsp3) is 0.370. The third-order valence-electron chi connectivity index (χ3n) is 7.11. The summed E-state index contributed by atoms with van der Waals surface area (Å²) in [5, 5.41) is 3.94. The quantitative estimate of drug-likeness (QED) is 0.617. The maximum atomic E-state index is 5.58. The van der Waals surface area contributed by atoms with Gasteiger partial charge in [-0.2, -0.15) is 0 Å². The predicted octanol–water partition coefficient (Wildman–Crippen LogP) is 4.55. The molecule has 0 saturated carbocycles. The first kappa shape index (κ1) is 20.2. The molecule has 31 heavy (non-hydrogen) atoms. The fourth-order valence-electron chi connectivity index (χ4n) is 5.51. The summed E-state index contributed by atoms with van der Waals surface area (Å²) in [5.41, 5.74) is 5.16. The molecule has 0 amide bonds. The molecule has 2 aromatic carbocycles. The van der Waals surface area contributed by atoms with Crippen LogP contribution >= 0.6 is 0 Å². The summed E-state index contributed by atoms with van der Waals surface area (Å²) >= 11 is 0. The average Bonchev–Trinajstić information content (AvgIpc) is 2.85. The van der Waals surface area contributed by atoms with Crippen molar-refractivity contribution in [2.75, 3.05) is 20.2 Å². The van der Waals surface area contributed by atoms with Crippen molar-refractivity contribution in [3.8, 4) is 16.9 Å². The van der Waals surface area contributed by atoms with E-state index < -0.39 is 0 Å². The average molecular weight is 414 g/mol. The number of hydrogen-bond acceptors (Lipinski definition) is 4. The molecule has 3 aromatic rings. The molecule has 3 aliphatic heterocycles. The zero-order chi connectivity index (χ0) is 21.0. The summed E-state index contributed by atoms with van der Waals surface area (Å²) in [6, 6.07) is 22.4. The van der Waals surface area contributed by atoms with Gasteiger partial charge in [-0.1, -0.05) is 48.5 Å². The van der Waals surface area contributed by atoms with Crippen molar-refractivity contribution in [2.24, 2.45) is 5.92 Å². The predicted molar refractivity (Wildman–Crippen MR) is 125 cm³/mol. The Balaban J connectivity index is 1.39. The van der Waals surface area contributed by atoms with Crippen molar-refractivity contribution in [2.45, 2.75) is 37.9 Å². The summed E-state index contributed by atoms with van der Waals surface area (Å²) in [4.78, 5) is 7.06. The number of nitrogens with zero attached hydrogens (tertiary/aromatic N) is 2. The van der Waals surface area contributed by atoms with Crippen LogP contribution in [0.4, 0.5) is 0 Å². The van der Waals surface area contributed by atoms with Gasteiger partial charge >= 0.3 is 0 Å². The molecule has 2 unspecified atom stereocenters. The third-order valence-corrected chi connectivity index (χ3v) is 7.11. The van der Waals surface area contributed by atoms with Gasteiger partial charge in [0, 0.05) is 42.1 Å². The van der Waals surface area contributed by atoms with E-state index in [2.05, 4.69) is 63.7 Å². The highest BCUT2D eigenvalue weighted by molar-refractivity contribution is 5.66. The normalized spacial score (nSPS) is 24.8. The van der Waals surface area contributed by atoms with E-state index in [0.29, 0.717) is 12.1 Å². The van der Waals surface area contributed by atoms with Crippen LogP contribution in [0.2, 0.25) is 0 Å². The number of methoxy groups -OCH3 is 1. The number of nitrogens with one attached hydrogen (secondary N) is 1. The van der Waals surface area contributed by atoms with Crippen LogP contribution < -0.4 is 10.1 Å². The van der Waals surface area contributed by atoms with Gasteiger partial charge in [0.2, 0.25) is 0 Å². The van der Waals surface area contributed by atoms with Gasteiger partial charge in [0.15, 0.2) is 0 Å². The van der Waals surface area contributed by atoms with Gasteiger partial charge in [0.1, 0.15) is 5.75 Å². The number of piperidine rings is 3. The highest BCUT2D eigenvalue weighted by atomic mass is 16.5. The second-order valence-corrected chi connectivity index (χ2v) is 8.76. The first-order chi connectivity index (χ1) is 15.3. The Hall–Kier alpha value is -2.69. The third kappa shape index (κ3) is 4.23. The Bertz CT molecular complexity index is 998. The van der Waals surface area contributed by atoms with Crippen LogP contribution in [-0.4, -0.2) is 42.2 Å². The lowest BCUT2D eigenvalue weighted by Gasteiger charge is -2.51. The van der Waals surface area contributed by atoms with Crippen molar-refractivity contribution >= 4 is 0 Å². The number of fused-ring (bicyclic) bond motifs is 3. The zero-order valence-corrected chi connectivity index (χ0v) is 18.2. The molecule has 3 saturated heterocycles. The lowest BCUT2D eigenvalue weighted by Crippen LogP contribution is -2.63. The number of para-hydroxylation sites is 1. The molecular weight excluding hydrogens is 382 g/mol. The van der Waals surface area contributed by atoms with E-state index in [1.165, 1.54) is 48.2 Å². The van der Waals surface area contributed by atoms with Crippen molar-refractivity contribution in [3.63, 3.8) is 0 Å². The number of aromatic nitrogens is 1. The van der Waals surface area contributed by atoms with Gasteiger partial charge in [0.25, 0.3) is 0 Å². The molecule has 160 valence electrons. The van der Waals surface area contributed by atoms with E-state index in [4.69, 9.17) is 4.74 Å². The van der Waals surface area contributed by atoms with E-state index in [-0.39, 0.29) is 0 Å². The SMILES string of the molecule is COc1ccccc1CNC1C2CCN(CC2)C1Cc1ccccc1-c1cccnc1. The highest BCUT2D eigenvalue weighted by Crippen LogP contribution is 2.36. The number of hydrogen-bond donors (Lipinski definition) is 1. The van der Waals surface area contributed by atoms with Gasteiger partial charge in [0.05, 0.1) is 7.11 Å². The van der Waals surface area contributed by atoms with Crippen molar-refractivity contribution in [1.29, 1.82) is 0 Å². The van der Waals surface area contributed by atoms with Crippen molar-refractivity contribution in [3.05, 3.63) is 84.2 Å². The Kier molecular flexibility index (Phi) is 6.01.